The largest absolute Gasteiger partial charge is 0.478 e. The van der Waals surface area contributed by atoms with Gasteiger partial charge < -0.3 is 10.8 Å². The molecule has 0 spiro atoms. The highest BCUT2D eigenvalue weighted by Gasteiger charge is 2.19. The van der Waals surface area contributed by atoms with E-state index in [2.05, 4.69) is 4.98 Å². The Morgan fingerprint density at radius 2 is 2.12 bits per heavy atom. The minimum Gasteiger partial charge on any atom is -0.478 e. The van der Waals surface area contributed by atoms with Gasteiger partial charge in [0.1, 0.15) is 5.03 Å². The SMILES string of the molecule is Nc1c(C(=O)O)ccnc1SC1CCCCC1. The zero-order valence-corrected chi connectivity index (χ0v) is 10.4. The van der Waals surface area contributed by atoms with Gasteiger partial charge in [0.25, 0.3) is 0 Å². The molecule has 0 saturated heterocycles. The van der Waals surface area contributed by atoms with E-state index >= 15 is 0 Å². The Morgan fingerprint density at radius 3 is 2.76 bits per heavy atom. The lowest BCUT2D eigenvalue weighted by molar-refractivity contribution is 0.0697. The molecule has 1 aromatic rings. The molecule has 0 radical (unpaired) electrons. The molecule has 0 aliphatic heterocycles. The van der Waals surface area contributed by atoms with Crippen LogP contribution in [0.15, 0.2) is 17.3 Å². The van der Waals surface area contributed by atoms with E-state index in [1.54, 1.807) is 11.8 Å². The minimum absolute atomic E-state index is 0.151. The van der Waals surface area contributed by atoms with Gasteiger partial charge in [-0.1, -0.05) is 19.3 Å². The van der Waals surface area contributed by atoms with Crippen molar-refractivity contribution in [1.29, 1.82) is 0 Å². The van der Waals surface area contributed by atoms with Gasteiger partial charge in [-0.25, -0.2) is 9.78 Å². The fraction of sp³-hybridized carbons (Fsp3) is 0.500. The predicted octanol–water partition coefficient (Wildman–Crippen LogP) is 2.79. The molecule has 1 heterocycles. The summed E-state index contributed by atoms with van der Waals surface area (Å²) in [6, 6.07) is 1.45. The molecule has 0 bridgehead atoms. The summed E-state index contributed by atoms with van der Waals surface area (Å²) in [7, 11) is 0. The van der Waals surface area contributed by atoms with Crippen molar-refractivity contribution >= 4 is 23.4 Å². The Balaban J connectivity index is 2.15. The molecule has 4 nitrogen and oxygen atoms in total. The Morgan fingerprint density at radius 1 is 1.41 bits per heavy atom. The van der Waals surface area contributed by atoms with E-state index in [4.69, 9.17) is 10.8 Å². The predicted molar refractivity (Wildman–Crippen MR) is 68.3 cm³/mol. The van der Waals surface area contributed by atoms with E-state index in [0.29, 0.717) is 16.0 Å². The van der Waals surface area contributed by atoms with Gasteiger partial charge in [-0.15, -0.1) is 11.8 Å². The van der Waals surface area contributed by atoms with Crippen LogP contribution in [0.2, 0.25) is 0 Å². The molecule has 0 unspecified atom stereocenters. The van der Waals surface area contributed by atoms with Crippen molar-refractivity contribution in [3.05, 3.63) is 17.8 Å². The number of nitrogens with two attached hydrogens (primary N) is 1. The van der Waals surface area contributed by atoms with Gasteiger partial charge in [0, 0.05) is 11.4 Å². The first-order valence-electron chi connectivity index (χ1n) is 5.83. The van der Waals surface area contributed by atoms with Crippen LogP contribution >= 0.6 is 11.8 Å². The van der Waals surface area contributed by atoms with Crippen molar-refractivity contribution in [2.75, 3.05) is 5.73 Å². The van der Waals surface area contributed by atoms with Crippen molar-refractivity contribution in [1.82, 2.24) is 4.98 Å². The molecule has 0 atom stereocenters. The molecule has 0 amide bonds. The van der Waals surface area contributed by atoms with Crippen LogP contribution in [0.1, 0.15) is 42.5 Å². The van der Waals surface area contributed by atoms with E-state index in [1.165, 1.54) is 44.4 Å². The van der Waals surface area contributed by atoms with Crippen molar-refractivity contribution in [3.8, 4) is 0 Å². The summed E-state index contributed by atoms with van der Waals surface area (Å²) in [6.07, 6.45) is 7.65. The summed E-state index contributed by atoms with van der Waals surface area (Å²) >= 11 is 1.62. The van der Waals surface area contributed by atoms with E-state index < -0.39 is 5.97 Å². The molecule has 17 heavy (non-hydrogen) atoms. The van der Waals surface area contributed by atoms with E-state index in [-0.39, 0.29) is 5.56 Å². The van der Waals surface area contributed by atoms with Crippen LogP contribution in [0.25, 0.3) is 0 Å². The average Bonchev–Trinajstić information content (AvgIpc) is 2.33. The third kappa shape index (κ3) is 2.91. The lowest BCUT2D eigenvalue weighted by Gasteiger charge is -2.21. The summed E-state index contributed by atoms with van der Waals surface area (Å²) in [5.41, 5.74) is 6.29. The van der Waals surface area contributed by atoms with Crippen LogP contribution in [0.3, 0.4) is 0 Å². The summed E-state index contributed by atoms with van der Waals surface area (Å²) in [6.45, 7) is 0. The number of pyridine rings is 1. The van der Waals surface area contributed by atoms with Crippen molar-refractivity contribution in [2.45, 2.75) is 42.4 Å². The second kappa shape index (κ2) is 5.40. The van der Waals surface area contributed by atoms with Crippen LogP contribution < -0.4 is 5.73 Å². The van der Waals surface area contributed by atoms with Gasteiger partial charge in [-0.3, -0.25) is 0 Å². The van der Waals surface area contributed by atoms with Gasteiger partial charge in [0.2, 0.25) is 0 Å². The van der Waals surface area contributed by atoms with Crippen molar-refractivity contribution in [2.24, 2.45) is 0 Å². The summed E-state index contributed by atoms with van der Waals surface area (Å²) in [4.78, 5) is 15.1. The molecule has 0 aromatic carbocycles. The standard InChI is InChI=1S/C12H16N2O2S/c13-10-9(12(15)16)6-7-14-11(10)17-8-4-2-1-3-5-8/h6-8H,1-5,13H2,(H,15,16). The van der Waals surface area contributed by atoms with E-state index in [0.717, 1.165) is 0 Å². The van der Waals surface area contributed by atoms with Crippen LogP contribution in [0, 0.1) is 0 Å². The van der Waals surface area contributed by atoms with Crippen molar-refractivity contribution < 1.29 is 9.90 Å². The number of nitrogens with zero attached hydrogens (tertiary/aromatic N) is 1. The summed E-state index contributed by atoms with van der Waals surface area (Å²) in [5, 5.41) is 10.2. The number of hydrogen-bond acceptors (Lipinski definition) is 4. The Kier molecular flexibility index (Phi) is 3.89. The number of anilines is 1. The van der Waals surface area contributed by atoms with E-state index in [1.807, 2.05) is 0 Å². The maximum atomic E-state index is 10.9. The molecular weight excluding hydrogens is 236 g/mol. The lowest BCUT2D eigenvalue weighted by atomic mass is 10.0. The molecule has 1 saturated carbocycles. The third-order valence-electron chi connectivity index (χ3n) is 3.01. The fourth-order valence-electron chi connectivity index (χ4n) is 2.08. The Bertz CT molecular complexity index is 417. The van der Waals surface area contributed by atoms with Crippen LogP contribution in [0.4, 0.5) is 5.69 Å². The highest BCUT2D eigenvalue weighted by Crippen LogP contribution is 2.35. The molecule has 1 aromatic heterocycles. The van der Waals surface area contributed by atoms with Gasteiger partial charge in [0.05, 0.1) is 11.3 Å². The van der Waals surface area contributed by atoms with Gasteiger partial charge in [-0.05, 0) is 18.9 Å². The molecule has 2 rings (SSSR count). The van der Waals surface area contributed by atoms with Gasteiger partial charge in [-0.2, -0.15) is 0 Å². The van der Waals surface area contributed by atoms with Gasteiger partial charge >= 0.3 is 5.97 Å². The van der Waals surface area contributed by atoms with Crippen LogP contribution in [0.5, 0.6) is 0 Å². The number of hydrogen-bond donors (Lipinski definition) is 2. The molecule has 1 fully saturated rings. The number of carboxylic acids is 1. The van der Waals surface area contributed by atoms with Crippen LogP contribution in [-0.4, -0.2) is 21.3 Å². The topological polar surface area (TPSA) is 76.2 Å². The zero-order chi connectivity index (χ0) is 12.3. The Hall–Kier alpha value is -1.23. The van der Waals surface area contributed by atoms with Gasteiger partial charge in [0.15, 0.2) is 0 Å². The Labute approximate surface area is 105 Å². The molecule has 5 heteroatoms. The fourth-order valence-corrected chi connectivity index (χ4v) is 3.32. The normalized spacial score (nSPS) is 16.9. The lowest BCUT2D eigenvalue weighted by Crippen LogP contribution is -2.10. The smallest absolute Gasteiger partial charge is 0.337 e. The zero-order valence-electron chi connectivity index (χ0n) is 9.56. The molecular formula is C12H16N2O2S. The molecule has 92 valence electrons. The summed E-state index contributed by atoms with van der Waals surface area (Å²) < 4.78 is 0. The third-order valence-corrected chi connectivity index (χ3v) is 4.37. The molecule has 1 aliphatic carbocycles. The first-order chi connectivity index (χ1) is 8.18. The highest BCUT2D eigenvalue weighted by molar-refractivity contribution is 8.00. The van der Waals surface area contributed by atoms with Crippen LogP contribution in [-0.2, 0) is 0 Å². The quantitative estimate of drug-likeness (QED) is 0.865. The number of carbonyl (C=O) groups is 1. The number of carboxylic acid groups (broad SMARTS) is 1. The summed E-state index contributed by atoms with van der Waals surface area (Å²) in [5.74, 6) is -0.990. The first-order valence-corrected chi connectivity index (χ1v) is 6.71. The monoisotopic (exact) mass is 252 g/mol. The highest BCUT2D eigenvalue weighted by atomic mass is 32.2. The van der Waals surface area contributed by atoms with Crippen molar-refractivity contribution in [3.63, 3.8) is 0 Å². The number of rotatable bonds is 3. The molecule has 3 N–H and O–H groups in total. The maximum Gasteiger partial charge on any atom is 0.337 e. The number of aromatic nitrogens is 1. The minimum atomic E-state index is -0.990. The average molecular weight is 252 g/mol. The second-order valence-electron chi connectivity index (χ2n) is 4.26. The number of nitrogen functional groups attached to an aromatic ring is 1. The number of aromatic carboxylic acids is 1. The second-order valence-corrected chi connectivity index (χ2v) is 5.55. The first kappa shape index (κ1) is 12.2. The maximum absolute atomic E-state index is 10.9. The van der Waals surface area contributed by atoms with E-state index in [9.17, 15) is 4.79 Å². The number of thioether (sulfide) groups is 1. The molecule has 1 aliphatic rings.